The van der Waals surface area contributed by atoms with Gasteiger partial charge in [0.1, 0.15) is 5.69 Å². The molecule has 1 amide bonds. The van der Waals surface area contributed by atoms with Crippen LogP contribution in [0.5, 0.6) is 0 Å². The minimum absolute atomic E-state index is 0.0350. The van der Waals surface area contributed by atoms with Gasteiger partial charge in [-0.15, -0.1) is 5.10 Å². The number of carbonyl (C=O) groups is 1. The van der Waals surface area contributed by atoms with Crippen LogP contribution in [-0.2, 0) is 7.05 Å². The molecule has 0 aliphatic rings. The molecule has 0 radical (unpaired) electrons. The summed E-state index contributed by atoms with van der Waals surface area (Å²) >= 11 is 11.9. The van der Waals surface area contributed by atoms with Gasteiger partial charge in [0.25, 0.3) is 11.8 Å². The summed E-state index contributed by atoms with van der Waals surface area (Å²) in [6, 6.07) is 6.41. The summed E-state index contributed by atoms with van der Waals surface area (Å²) in [6.07, 6.45) is 1.52. The lowest BCUT2D eigenvalue weighted by molar-refractivity contribution is 0.101. The molecule has 0 bridgehead atoms. The lowest BCUT2D eigenvalue weighted by Crippen LogP contribution is -2.16. The van der Waals surface area contributed by atoms with Crippen molar-refractivity contribution < 1.29 is 9.21 Å². The van der Waals surface area contributed by atoms with Crippen molar-refractivity contribution in [2.24, 2.45) is 7.05 Å². The largest absolute Gasteiger partial charge is 0.403 e. The van der Waals surface area contributed by atoms with Crippen LogP contribution in [0.25, 0.3) is 11.5 Å². The van der Waals surface area contributed by atoms with Crippen LogP contribution >= 0.6 is 23.2 Å². The Balaban J connectivity index is 1.82. The number of aromatic nitrogens is 4. The first-order valence-electron chi connectivity index (χ1n) is 6.13. The highest BCUT2D eigenvalue weighted by atomic mass is 35.5. The Hall–Kier alpha value is -2.38. The molecule has 22 heavy (non-hydrogen) atoms. The molecule has 1 N–H and O–H groups in total. The Morgan fingerprint density at radius 2 is 2.09 bits per heavy atom. The van der Waals surface area contributed by atoms with Crippen molar-refractivity contribution in [3.05, 3.63) is 46.2 Å². The molecular weight excluding hydrogens is 329 g/mol. The van der Waals surface area contributed by atoms with E-state index in [1.165, 1.54) is 10.9 Å². The molecule has 3 aromatic rings. The van der Waals surface area contributed by atoms with Crippen LogP contribution in [0.4, 0.5) is 6.01 Å². The number of carbonyl (C=O) groups excluding carboxylic acids is 1. The predicted octanol–water partition coefficient (Wildman–Crippen LogP) is 3.03. The second-order valence-electron chi connectivity index (χ2n) is 4.33. The molecular formula is C13H9Cl2N5O2. The van der Waals surface area contributed by atoms with E-state index in [2.05, 4.69) is 20.6 Å². The van der Waals surface area contributed by atoms with E-state index in [1.54, 1.807) is 31.3 Å². The number of halogens is 2. The van der Waals surface area contributed by atoms with E-state index in [0.717, 1.165) is 0 Å². The zero-order valence-electron chi connectivity index (χ0n) is 11.2. The van der Waals surface area contributed by atoms with Crippen LogP contribution in [-0.4, -0.2) is 25.9 Å². The first kappa shape index (κ1) is 14.6. The lowest BCUT2D eigenvalue weighted by Gasteiger charge is -2.01. The molecule has 0 fully saturated rings. The second kappa shape index (κ2) is 5.78. The maximum absolute atomic E-state index is 12.0. The highest BCUT2D eigenvalue weighted by Crippen LogP contribution is 2.30. The molecule has 0 aliphatic carbocycles. The molecule has 0 spiro atoms. The third-order valence-corrected chi connectivity index (χ3v) is 3.41. The lowest BCUT2D eigenvalue weighted by atomic mass is 10.2. The molecule has 112 valence electrons. The number of hydrogen-bond acceptors (Lipinski definition) is 5. The summed E-state index contributed by atoms with van der Waals surface area (Å²) in [5.74, 6) is -0.223. The number of rotatable bonds is 3. The third-order valence-electron chi connectivity index (χ3n) is 2.86. The normalized spacial score (nSPS) is 10.7. The first-order chi connectivity index (χ1) is 10.5. The monoisotopic (exact) mass is 337 g/mol. The number of aryl methyl sites for hydroxylation is 1. The summed E-state index contributed by atoms with van der Waals surface area (Å²) in [7, 11) is 1.65. The molecule has 0 saturated heterocycles. The molecule has 9 heteroatoms. The third kappa shape index (κ3) is 2.81. The zero-order chi connectivity index (χ0) is 15.7. The standard InChI is InChI=1S/C13H9Cl2N5O2/c1-20-10(4-5-16-20)11(21)17-13-19-18-12(22-13)8-3-2-7(14)6-9(8)15/h2-6H,1H3,(H,17,19,21). The minimum atomic E-state index is -0.405. The van der Waals surface area contributed by atoms with Gasteiger partial charge in [-0.3, -0.25) is 14.8 Å². The van der Waals surface area contributed by atoms with E-state index in [4.69, 9.17) is 27.6 Å². The van der Waals surface area contributed by atoms with Gasteiger partial charge >= 0.3 is 6.01 Å². The van der Waals surface area contributed by atoms with Gasteiger partial charge in [-0.1, -0.05) is 28.3 Å². The Bertz CT molecular complexity index is 843. The maximum Gasteiger partial charge on any atom is 0.322 e. The number of amides is 1. The Kier molecular flexibility index (Phi) is 3.82. The van der Waals surface area contributed by atoms with Crippen LogP contribution in [0.3, 0.4) is 0 Å². The summed E-state index contributed by atoms with van der Waals surface area (Å²) in [4.78, 5) is 12.0. The van der Waals surface area contributed by atoms with Gasteiger partial charge in [-0.05, 0) is 24.3 Å². The van der Waals surface area contributed by atoms with Gasteiger partial charge in [-0.25, -0.2) is 0 Å². The van der Waals surface area contributed by atoms with Gasteiger partial charge in [0.2, 0.25) is 0 Å². The van der Waals surface area contributed by atoms with E-state index in [9.17, 15) is 4.79 Å². The molecule has 7 nitrogen and oxygen atoms in total. The van der Waals surface area contributed by atoms with Crippen LogP contribution in [0, 0.1) is 0 Å². The highest BCUT2D eigenvalue weighted by Gasteiger charge is 2.16. The number of hydrogen-bond donors (Lipinski definition) is 1. The summed E-state index contributed by atoms with van der Waals surface area (Å²) in [5.41, 5.74) is 0.892. The molecule has 3 rings (SSSR count). The number of benzene rings is 1. The average molecular weight is 338 g/mol. The van der Waals surface area contributed by atoms with E-state index in [0.29, 0.717) is 21.3 Å². The quantitative estimate of drug-likeness (QED) is 0.793. The zero-order valence-corrected chi connectivity index (χ0v) is 12.8. The molecule has 0 saturated carbocycles. The average Bonchev–Trinajstić information content (AvgIpc) is 3.08. The second-order valence-corrected chi connectivity index (χ2v) is 5.17. The molecule has 2 heterocycles. The Labute approximate surface area is 134 Å². The van der Waals surface area contributed by atoms with Crippen molar-refractivity contribution in [3.63, 3.8) is 0 Å². The van der Waals surface area contributed by atoms with E-state index < -0.39 is 5.91 Å². The first-order valence-corrected chi connectivity index (χ1v) is 6.88. The van der Waals surface area contributed by atoms with Crippen molar-refractivity contribution in [1.29, 1.82) is 0 Å². The smallest absolute Gasteiger partial charge is 0.322 e. The summed E-state index contributed by atoms with van der Waals surface area (Å²) in [5, 5.41) is 14.9. The van der Waals surface area contributed by atoms with Crippen LogP contribution in [0.1, 0.15) is 10.5 Å². The van der Waals surface area contributed by atoms with Crippen LogP contribution < -0.4 is 5.32 Å². The summed E-state index contributed by atoms with van der Waals surface area (Å²) < 4.78 is 6.82. The van der Waals surface area contributed by atoms with Gasteiger partial charge in [-0.2, -0.15) is 5.10 Å². The number of nitrogens with zero attached hydrogens (tertiary/aromatic N) is 4. The number of nitrogens with one attached hydrogen (secondary N) is 1. The predicted molar refractivity (Wildman–Crippen MR) is 80.9 cm³/mol. The van der Waals surface area contributed by atoms with Crippen molar-refractivity contribution in [2.45, 2.75) is 0 Å². The van der Waals surface area contributed by atoms with Gasteiger partial charge in [0.15, 0.2) is 0 Å². The molecule has 0 unspecified atom stereocenters. The van der Waals surface area contributed by atoms with Crippen LogP contribution in [0.2, 0.25) is 10.0 Å². The molecule has 1 aromatic carbocycles. The number of anilines is 1. The fourth-order valence-electron chi connectivity index (χ4n) is 1.80. The Morgan fingerprint density at radius 3 is 2.77 bits per heavy atom. The molecule has 0 atom stereocenters. The fourth-order valence-corrected chi connectivity index (χ4v) is 2.29. The van der Waals surface area contributed by atoms with Crippen molar-refractivity contribution in [2.75, 3.05) is 5.32 Å². The van der Waals surface area contributed by atoms with Gasteiger partial charge < -0.3 is 4.42 Å². The maximum atomic E-state index is 12.0. The van der Waals surface area contributed by atoms with Crippen molar-refractivity contribution in [3.8, 4) is 11.5 Å². The Morgan fingerprint density at radius 1 is 1.27 bits per heavy atom. The van der Waals surface area contributed by atoms with Crippen molar-refractivity contribution in [1.82, 2.24) is 20.0 Å². The molecule has 2 aromatic heterocycles. The van der Waals surface area contributed by atoms with Gasteiger partial charge in [0, 0.05) is 18.3 Å². The van der Waals surface area contributed by atoms with E-state index >= 15 is 0 Å². The molecule has 0 aliphatic heterocycles. The van der Waals surface area contributed by atoms with Gasteiger partial charge in [0.05, 0.1) is 10.6 Å². The highest BCUT2D eigenvalue weighted by molar-refractivity contribution is 6.36. The summed E-state index contributed by atoms with van der Waals surface area (Å²) in [6.45, 7) is 0. The van der Waals surface area contributed by atoms with Crippen LogP contribution in [0.15, 0.2) is 34.9 Å². The topological polar surface area (TPSA) is 85.8 Å². The van der Waals surface area contributed by atoms with E-state index in [-0.39, 0.29) is 11.9 Å². The fraction of sp³-hybridized carbons (Fsp3) is 0.0769. The SMILES string of the molecule is Cn1nccc1C(=O)Nc1nnc(-c2ccc(Cl)cc2Cl)o1. The van der Waals surface area contributed by atoms with Crippen molar-refractivity contribution >= 4 is 35.1 Å². The van der Waals surface area contributed by atoms with E-state index in [1.807, 2.05) is 0 Å². The minimum Gasteiger partial charge on any atom is -0.403 e.